The van der Waals surface area contributed by atoms with E-state index in [-0.39, 0.29) is 25.5 Å². The molecule has 0 saturated heterocycles. The van der Waals surface area contributed by atoms with Crippen molar-refractivity contribution in [2.75, 3.05) is 0 Å². The largest absolute Gasteiger partial charge is 0.332 e. The van der Waals surface area contributed by atoms with Crippen LogP contribution in [0, 0.1) is 18.1 Å². The van der Waals surface area contributed by atoms with Gasteiger partial charge in [0, 0.05) is 47.5 Å². The molecule has 345 valence electrons. The average molecular weight is 1110 g/mol. The van der Waals surface area contributed by atoms with E-state index < -0.39 is 8.07 Å². The van der Waals surface area contributed by atoms with Gasteiger partial charge in [-0.25, -0.2) is 0 Å². The minimum Gasteiger partial charge on any atom is -0.332 e. The average Bonchev–Trinajstić information content (AvgIpc) is 3.93. The van der Waals surface area contributed by atoms with E-state index in [0.29, 0.717) is 5.92 Å². The van der Waals surface area contributed by atoms with Gasteiger partial charge < -0.3 is 9.55 Å². The molecular formula is C63H57IrN3SSi-2. The van der Waals surface area contributed by atoms with Crippen molar-refractivity contribution in [3.63, 3.8) is 0 Å². The van der Waals surface area contributed by atoms with Crippen molar-refractivity contribution in [3.05, 3.63) is 205 Å². The summed E-state index contributed by atoms with van der Waals surface area (Å²) < 4.78 is 4.90. The van der Waals surface area contributed by atoms with Crippen LogP contribution in [0.4, 0.5) is 0 Å². The van der Waals surface area contributed by atoms with Crippen LogP contribution in [0.25, 0.3) is 92.6 Å². The van der Waals surface area contributed by atoms with Gasteiger partial charge in [-0.3, -0.25) is 4.98 Å². The molecule has 0 amide bonds. The summed E-state index contributed by atoms with van der Waals surface area (Å²) in [6.45, 7) is 18.6. The van der Waals surface area contributed by atoms with E-state index >= 15 is 0 Å². The van der Waals surface area contributed by atoms with Crippen molar-refractivity contribution in [3.8, 4) is 50.6 Å². The maximum atomic E-state index is 5.59. The molecule has 11 aromatic rings. The maximum absolute atomic E-state index is 5.59. The van der Waals surface area contributed by atoms with Gasteiger partial charge in [-0.2, -0.15) is 11.3 Å². The van der Waals surface area contributed by atoms with E-state index in [1.54, 1.807) is 0 Å². The van der Waals surface area contributed by atoms with Gasteiger partial charge >= 0.3 is 0 Å². The molecule has 0 aliphatic heterocycles. The Morgan fingerprint density at radius 3 is 1.93 bits per heavy atom. The van der Waals surface area contributed by atoms with Crippen molar-refractivity contribution < 1.29 is 20.1 Å². The van der Waals surface area contributed by atoms with E-state index in [2.05, 4.69) is 240 Å². The van der Waals surface area contributed by atoms with Gasteiger partial charge in [-0.05, 0) is 85.1 Å². The molecule has 69 heavy (non-hydrogen) atoms. The number of imidazole rings is 1. The molecule has 3 nitrogen and oxygen atoms in total. The molecule has 0 bridgehead atoms. The fourth-order valence-corrected chi connectivity index (χ4v) is 12.3. The molecule has 1 radical (unpaired) electrons. The quantitative estimate of drug-likeness (QED) is 0.112. The van der Waals surface area contributed by atoms with Crippen LogP contribution in [0.5, 0.6) is 0 Å². The molecule has 6 heteroatoms. The third-order valence-electron chi connectivity index (χ3n) is 12.9. The molecule has 0 unspecified atom stereocenters. The number of hydrogen-bond acceptors (Lipinski definition) is 3. The topological polar surface area (TPSA) is 30.7 Å². The smallest absolute Gasteiger partial charge is 0.0852 e. The van der Waals surface area contributed by atoms with Crippen LogP contribution in [0.1, 0.15) is 45.7 Å². The first-order valence-electron chi connectivity index (χ1n) is 23.8. The van der Waals surface area contributed by atoms with Crippen molar-refractivity contribution in [1.82, 2.24) is 14.5 Å². The first kappa shape index (κ1) is 47.8. The third kappa shape index (κ3) is 9.56. The van der Waals surface area contributed by atoms with Crippen molar-refractivity contribution in [2.24, 2.45) is 5.92 Å². The Labute approximate surface area is 426 Å². The zero-order chi connectivity index (χ0) is 47.2. The minimum atomic E-state index is -1.34. The summed E-state index contributed by atoms with van der Waals surface area (Å²) in [5.41, 5.74) is 13.8. The van der Waals surface area contributed by atoms with Gasteiger partial charge in [-0.15, -0.1) is 54.1 Å². The number of fused-ring (bicyclic) bond motifs is 6. The maximum Gasteiger partial charge on any atom is 0.0852 e. The molecule has 0 atom stereocenters. The second kappa shape index (κ2) is 19.6. The third-order valence-corrected chi connectivity index (χ3v) is 16.2. The van der Waals surface area contributed by atoms with Crippen molar-refractivity contribution in [1.29, 1.82) is 0 Å². The number of pyridine rings is 1. The monoisotopic (exact) mass is 1110 g/mol. The van der Waals surface area contributed by atoms with Gasteiger partial charge in [-0.1, -0.05) is 186 Å². The number of benzene rings is 8. The number of nitrogens with zero attached hydrogens (tertiary/aromatic N) is 3. The molecule has 11 rings (SSSR count). The predicted molar refractivity (Wildman–Crippen MR) is 295 cm³/mol. The molecule has 0 N–H and O–H groups in total. The zero-order valence-electron chi connectivity index (χ0n) is 40.7. The van der Waals surface area contributed by atoms with Crippen molar-refractivity contribution in [2.45, 2.75) is 66.1 Å². The van der Waals surface area contributed by atoms with E-state index in [1.807, 2.05) is 29.5 Å². The van der Waals surface area contributed by atoms with Gasteiger partial charge in [0.05, 0.1) is 30.6 Å². The Bertz CT molecular complexity index is 3520. The summed E-state index contributed by atoms with van der Waals surface area (Å²) in [6, 6.07) is 69.8. The standard InChI is InChI=1S/C45H33N2S.C18H24NSi.Ir/c1-45(2,3)32-27-37(29-15-6-4-7-16-29)42(38(28-32)30-17-8-5-9-18-30)47-39-26-25-31-19-10-11-20-33(31)41(39)46-44(47)36-23-14-22-35-34-21-12-13-24-40(34)48-43(35)36;1-14(2)11-16-12-17(15-9-7-6-8-10-15)19-13-18(16)20(3,4)5;/h4-22,24-28H,1-3H3;6-9,12-14H,11H2,1-5H3;/q2*-1;. The summed E-state index contributed by atoms with van der Waals surface area (Å²) in [5, 5.41) is 6.32. The molecule has 8 aromatic carbocycles. The molecule has 3 heterocycles. The Kier molecular flexibility index (Phi) is 13.6. The Hall–Kier alpha value is -6.27. The molecule has 0 fully saturated rings. The Balaban J connectivity index is 0.000000238. The van der Waals surface area contributed by atoms with Crippen LogP contribution in [-0.2, 0) is 31.9 Å². The van der Waals surface area contributed by atoms with Crippen LogP contribution in [0.15, 0.2) is 182 Å². The van der Waals surface area contributed by atoms with Gasteiger partial charge in [0.1, 0.15) is 0 Å². The molecule has 0 spiro atoms. The summed E-state index contributed by atoms with van der Waals surface area (Å²) in [4.78, 5) is 10.3. The number of aromatic nitrogens is 3. The number of hydrogen-bond donors (Lipinski definition) is 0. The molecule has 3 aromatic heterocycles. The fourth-order valence-electron chi connectivity index (χ4n) is 9.53. The Morgan fingerprint density at radius 2 is 1.29 bits per heavy atom. The van der Waals surface area contributed by atoms with E-state index in [0.717, 1.165) is 51.2 Å². The summed E-state index contributed by atoms with van der Waals surface area (Å²) in [5.74, 6) is 1.57. The summed E-state index contributed by atoms with van der Waals surface area (Å²) >= 11 is 1.82. The normalized spacial score (nSPS) is 11.8. The second-order valence-corrected chi connectivity index (χ2v) is 26.5. The van der Waals surface area contributed by atoms with Gasteiger partial charge in [0.15, 0.2) is 0 Å². The zero-order valence-corrected chi connectivity index (χ0v) is 44.9. The fraction of sp³-hybridized carbons (Fsp3) is 0.175. The van der Waals surface area contributed by atoms with E-state index in [1.165, 1.54) is 64.1 Å². The van der Waals surface area contributed by atoms with E-state index in [9.17, 15) is 0 Å². The van der Waals surface area contributed by atoms with Crippen LogP contribution in [0.2, 0.25) is 19.6 Å². The molecular weight excluding hydrogens is 1050 g/mol. The van der Waals surface area contributed by atoms with E-state index in [4.69, 9.17) is 4.98 Å². The van der Waals surface area contributed by atoms with Crippen LogP contribution in [-0.4, -0.2) is 22.6 Å². The predicted octanol–water partition coefficient (Wildman–Crippen LogP) is 16.9. The number of thiophene rings is 1. The van der Waals surface area contributed by atoms with Crippen molar-refractivity contribution >= 4 is 66.6 Å². The van der Waals surface area contributed by atoms with Crippen LogP contribution in [0.3, 0.4) is 0 Å². The van der Waals surface area contributed by atoms with Gasteiger partial charge in [0.2, 0.25) is 0 Å². The molecule has 0 aliphatic carbocycles. The summed E-state index contributed by atoms with van der Waals surface area (Å²) in [6.07, 6.45) is 3.24. The van der Waals surface area contributed by atoms with Gasteiger partial charge in [0.25, 0.3) is 0 Å². The molecule has 0 saturated carbocycles. The number of rotatable bonds is 8. The Morgan fingerprint density at radius 1 is 0.652 bits per heavy atom. The SMILES string of the molecule is CC(C)(C)c1cc(-c2ccccc2)c(-n2c(-c3[c-]ccc4c3sc3ccccc34)nc3c4ccccc4ccc32)c(-c2ccccc2)c1.CC(C)Cc1cc(-c2[c-]cccc2)ncc1[Si](C)(C)C.[Ir]. The summed E-state index contributed by atoms with van der Waals surface area (Å²) in [7, 11) is -1.34. The molecule has 0 aliphatic rings. The van der Waals surface area contributed by atoms with Crippen LogP contribution < -0.4 is 5.19 Å². The minimum absolute atomic E-state index is 0. The van der Waals surface area contributed by atoms with Crippen LogP contribution >= 0.6 is 11.3 Å². The first-order chi connectivity index (χ1) is 32.8. The second-order valence-electron chi connectivity index (χ2n) is 20.4. The first-order valence-corrected chi connectivity index (χ1v) is 28.1.